The minimum atomic E-state index is -0.798. The zero-order valence-electron chi connectivity index (χ0n) is 12.2. The summed E-state index contributed by atoms with van der Waals surface area (Å²) in [5.41, 5.74) is 1.86. The average molecular weight is 293 g/mol. The molecule has 2 fully saturated rings. The highest BCUT2D eigenvalue weighted by molar-refractivity contribution is 7.14. The Kier molecular flexibility index (Phi) is 3.87. The lowest BCUT2D eigenvalue weighted by molar-refractivity contribution is 0.0702. The van der Waals surface area contributed by atoms with Crippen molar-refractivity contribution in [2.24, 2.45) is 5.41 Å². The third-order valence-electron chi connectivity index (χ3n) is 5.21. The van der Waals surface area contributed by atoms with Gasteiger partial charge in [0.05, 0.1) is 0 Å². The predicted octanol–water partition coefficient (Wildman–Crippen LogP) is 3.91. The first kappa shape index (κ1) is 14.1. The number of hydrogen-bond donors (Lipinski definition) is 1. The van der Waals surface area contributed by atoms with Gasteiger partial charge in [-0.15, -0.1) is 11.3 Å². The molecule has 3 nitrogen and oxygen atoms in total. The summed E-state index contributed by atoms with van der Waals surface area (Å²) in [5, 5.41) is 9.06. The summed E-state index contributed by atoms with van der Waals surface area (Å²) in [6, 6.07) is 1.86. The fourth-order valence-corrected chi connectivity index (χ4v) is 4.71. The van der Waals surface area contributed by atoms with Gasteiger partial charge in [0.25, 0.3) is 0 Å². The van der Waals surface area contributed by atoms with Crippen LogP contribution in [0.4, 0.5) is 0 Å². The monoisotopic (exact) mass is 293 g/mol. The third-order valence-corrected chi connectivity index (χ3v) is 6.29. The number of carboxylic acids is 1. The molecule has 4 heteroatoms. The van der Waals surface area contributed by atoms with E-state index in [9.17, 15) is 4.79 Å². The van der Waals surface area contributed by atoms with Gasteiger partial charge in [-0.05, 0) is 62.7 Å². The molecule has 1 saturated heterocycles. The van der Waals surface area contributed by atoms with E-state index in [4.69, 9.17) is 5.11 Å². The second kappa shape index (κ2) is 5.49. The Morgan fingerprint density at radius 3 is 2.50 bits per heavy atom. The van der Waals surface area contributed by atoms with Crippen LogP contribution in [0.25, 0.3) is 0 Å². The standard InChI is InChI=1S/C16H23NO2S/c1-12-13(10-14(20-12)15(18)19)11-17-8-6-16(7-9-17)4-2-3-5-16/h10H,2-9,11H2,1H3,(H,18,19). The van der Waals surface area contributed by atoms with Crippen molar-refractivity contribution in [3.63, 3.8) is 0 Å². The van der Waals surface area contributed by atoms with E-state index in [0.717, 1.165) is 11.4 Å². The Balaban J connectivity index is 1.60. The van der Waals surface area contributed by atoms with Crippen molar-refractivity contribution in [2.75, 3.05) is 13.1 Å². The topological polar surface area (TPSA) is 40.5 Å². The number of carbonyl (C=O) groups is 1. The molecule has 110 valence electrons. The highest BCUT2D eigenvalue weighted by Gasteiger charge is 2.36. The van der Waals surface area contributed by atoms with Crippen LogP contribution in [0.3, 0.4) is 0 Å². The van der Waals surface area contributed by atoms with Gasteiger partial charge in [0.2, 0.25) is 0 Å². The van der Waals surface area contributed by atoms with E-state index in [2.05, 4.69) is 4.90 Å². The quantitative estimate of drug-likeness (QED) is 0.918. The molecule has 1 saturated carbocycles. The SMILES string of the molecule is Cc1sc(C(=O)O)cc1CN1CCC2(CCCC2)CC1. The smallest absolute Gasteiger partial charge is 0.345 e. The van der Waals surface area contributed by atoms with Gasteiger partial charge in [-0.3, -0.25) is 4.90 Å². The summed E-state index contributed by atoms with van der Waals surface area (Å²) in [6.45, 7) is 5.32. The van der Waals surface area contributed by atoms with Gasteiger partial charge in [-0.1, -0.05) is 12.8 Å². The van der Waals surface area contributed by atoms with E-state index in [0.29, 0.717) is 10.3 Å². The van der Waals surface area contributed by atoms with E-state index in [1.54, 1.807) is 0 Å². The second-order valence-electron chi connectivity index (χ2n) is 6.48. The molecule has 0 bridgehead atoms. The van der Waals surface area contributed by atoms with Crippen molar-refractivity contribution in [1.82, 2.24) is 4.90 Å². The van der Waals surface area contributed by atoms with Crippen LogP contribution in [0, 0.1) is 12.3 Å². The molecule has 2 aliphatic rings. The lowest BCUT2D eigenvalue weighted by Gasteiger charge is -2.39. The van der Waals surface area contributed by atoms with E-state index in [1.165, 1.54) is 68.5 Å². The van der Waals surface area contributed by atoms with E-state index in [1.807, 2.05) is 13.0 Å². The van der Waals surface area contributed by atoms with Crippen LogP contribution >= 0.6 is 11.3 Å². The fourth-order valence-electron chi connectivity index (χ4n) is 3.83. The first-order chi connectivity index (χ1) is 9.58. The van der Waals surface area contributed by atoms with Gasteiger partial charge >= 0.3 is 5.97 Å². The Bertz CT molecular complexity index is 493. The lowest BCUT2D eigenvalue weighted by atomic mass is 9.77. The molecule has 1 aromatic rings. The van der Waals surface area contributed by atoms with Crippen LogP contribution in [-0.2, 0) is 6.54 Å². The molecule has 1 aliphatic carbocycles. The third kappa shape index (κ3) is 2.77. The fraction of sp³-hybridized carbons (Fsp3) is 0.688. The number of thiophene rings is 1. The zero-order valence-corrected chi connectivity index (χ0v) is 13.0. The molecule has 1 spiro atoms. The molecule has 0 aromatic carbocycles. The number of aromatic carboxylic acids is 1. The Labute approximate surface area is 124 Å². The average Bonchev–Trinajstić information content (AvgIpc) is 3.01. The predicted molar refractivity (Wildman–Crippen MR) is 81.4 cm³/mol. The molecule has 0 atom stereocenters. The van der Waals surface area contributed by atoms with Crippen molar-refractivity contribution in [2.45, 2.75) is 52.0 Å². The van der Waals surface area contributed by atoms with Gasteiger partial charge in [0.1, 0.15) is 4.88 Å². The maximum atomic E-state index is 11.0. The molecule has 1 N–H and O–H groups in total. The van der Waals surface area contributed by atoms with Crippen LogP contribution in [0.5, 0.6) is 0 Å². The maximum absolute atomic E-state index is 11.0. The Morgan fingerprint density at radius 2 is 1.95 bits per heavy atom. The minimum Gasteiger partial charge on any atom is -0.477 e. The number of nitrogens with zero attached hydrogens (tertiary/aromatic N) is 1. The summed E-state index contributed by atoms with van der Waals surface area (Å²) >= 11 is 1.40. The van der Waals surface area contributed by atoms with Crippen LogP contribution < -0.4 is 0 Å². The molecule has 1 aromatic heterocycles. The summed E-state index contributed by atoms with van der Waals surface area (Å²) < 4.78 is 0. The molecular weight excluding hydrogens is 270 g/mol. The number of hydrogen-bond acceptors (Lipinski definition) is 3. The van der Waals surface area contributed by atoms with Crippen molar-refractivity contribution >= 4 is 17.3 Å². The molecule has 20 heavy (non-hydrogen) atoms. The molecule has 2 heterocycles. The largest absolute Gasteiger partial charge is 0.477 e. The molecule has 0 radical (unpaired) electrons. The van der Waals surface area contributed by atoms with Gasteiger partial charge in [-0.25, -0.2) is 4.79 Å². The van der Waals surface area contributed by atoms with E-state index < -0.39 is 5.97 Å². The van der Waals surface area contributed by atoms with Gasteiger partial charge in [0, 0.05) is 11.4 Å². The van der Waals surface area contributed by atoms with E-state index >= 15 is 0 Å². The van der Waals surface area contributed by atoms with E-state index in [-0.39, 0.29) is 0 Å². The van der Waals surface area contributed by atoms with Crippen LogP contribution in [-0.4, -0.2) is 29.1 Å². The second-order valence-corrected chi connectivity index (χ2v) is 7.74. The first-order valence-corrected chi connectivity index (χ1v) is 8.45. The molecule has 0 amide bonds. The van der Waals surface area contributed by atoms with Gasteiger partial charge in [-0.2, -0.15) is 0 Å². The molecule has 0 unspecified atom stereocenters. The molecule has 3 rings (SSSR count). The van der Waals surface area contributed by atoms with Gasteiger partial charge < -0.3 is 5.11 Å². The minimum absolute atomic E-state index is 0.474. The van der Waals surface area contributed by atoms with Crippen molar-refractivity contribution in [3.8, 4) is 0 Å². The first-order valence-electron chi connectivity index (χ1n) is 7.63. The molecular formula is C16H23NO2S. The van der Waals surface area contributed by atoms with Crippen molar-refractivity contribution in [3.05, 3.63) is 21.4 Å². The lowest BCUT2D eigenvalue weighted by Crippen LogP contribution is -2.38. The van der Waals surface area contributed by atoms with Gasteiger partial charge in [0.15, 0.2) is 0 Å². The summed E-state index contributed by atoms with van der Waals surface area (Å²) in [5.74, 6) is -0.798. The summed E-state index contributed by atoms with van der Waals surface area (Å²) in [7, 11) is 0. The summed E-state index contributed by atoms with van der Waals surface area (Å²) in [4.78, 5) is 15.2. The van der Waals surface area contributed by atoms with Crippen molar-refractivity contribution < 1.29 is 9.90 Å². The van der Waals surface area contributed by atoms with Crippen LogP contribution in [0.2, 0.25) is 0 Å². The normalized spacial score (nSPS) is 22.4. The number of carboxylic acid groups (broad SMARTS) is 1. The number of rotatable bonds is 3. The highest BCUT2D eigenvalue weighted by Crippen LogP contribution is 2.46. The molecule has 1 aliphatic heterocycles. The van der Waals surface area contributed by atoms with Crippen molar-refractivity contribution in [1.29, 1.82) is 0 Å². The maximum Gasteiger partial charge on any atom is 0.345 e. The Morgan fingerprint density at radius 1 is 1.30 bits per heavy atom. The number of piperidine rings is 1. The van der Waals surface area contributed by atoms with Crippen LogP contribution in [0.1, 0.15) is 58.6 Å². The highest BCUT2D eigenvalue weighted by atomic mass is 32.1. The Hall–Kier alpha value is -0.870. The number of likely N-dealkylation sites (tertiary alicyclic amines) is 1. The van der Waals surface area contributed by atoms with Crippen LogP contribution in [0.15, 0.2) is 6.07 Å². The number of aryl methyl sites for hydroxylation is 1. The zero-order chi connectivity index (χ0) is 14.2. The summed E-state index contributed by atoms with van der Waals surface area (Å²) in [6.07, 6.45) is 8.38.